The third kappa shape index (κ3) is 4.91. The van der Waals surface area contributed by atoms with Gasteiger partial charge in [-0.3, -0.25) is 4.98 Å². The number of para-hydroxylation sites is 1. The molecule has 2 aromatic heterocycles. The number of aromatic nitrogens is 2. The molecule has 6 heteroatoms. The molecule has 5 atom stereocenters. The van der Waals surface area contributed by atoms with Crippen molar-refractivity contribution in [1.29, 1.82) is 0 Å². The zero-order valence-electron chi connectivity index (χ0n) is 24.8. The quantitative estimate of drug-likeness (QED) is 0.242. The van der Waals surface area contributed by atoms with Crippen LogP contribution in [0.25, 0.3) is 27.4 Å². The minimum absolute atomic E-state index is 0.0202. The largest absolute Gasteiger partial charge is 0.506 e. The molecule has 1 aliphatic carbocycles. The van der Waals surface area contributed by atoms with Gasteiger partial charge in [0.1, 0.15) is 5.75 Å². The zero-order chi connectivity index (χ0) is 28.6. The van der Waals surface area contributed by atoms with E-state index in [4.69, 9.17) is 4.98 Å². The lowest BCUT2D eigenvalue weighted by molar-refractivity contribution is -0.0798. The van der Waals surface area contributed by atoms with Gasteiger partial charge in [0.05, 0.1) is 22.3 Å². The highest BCUT2D eigenvalue weighted by molar-refractivity contribution is 6.11. The Labute approximate surface area is 249 Å². The molecule has 5 heterocycles. The first-order valence-electron chi connectivity index (χ1n) is 16.4. The molecule has 222 valence electrons. The molecular weight excluding hydrogens is 520 g/mol. The number of allylic oxidation sites excluding steroid dienone is 5. The predicted octanol–water partition coefficient (Wildman–Crippen LogP) is 6.86. The summed E-state index contributed by atoms with van der Waals surface area (Å²) in [6.45, 7) is 4.13. The lowest BCUT2D eigenvalue weighted by Crippen LogP contribution is -2.68. The average Bonchev–Trinajstić information content (AvgIpc) is 3.36. The van der Waals surface area contributed by atoms with Crippen molar-refractivity contribution in [2.45, 2.75) is 82.3 Å². The summed E-state index contributed by atoms with van der Waals surface area (Å²) >= 11 is 0. The van der Waals surface area contributed by atoms with Gasteiger partial charge >= 0.3 is 0 Å². The van der Waals surface area contributed by atoms with Crippen molar-refractivity contribution in [2.24, 2.45) is 11.3 Å². The normalized spacial score (nSPS) is 34.3. The van der Waals surface area contributed by atoms with Gasteiger partial charge in [0.25, 0.3) is 0 Å². The van der Waals surface area contributed by atoms with Crippen molar-refractivity contribution in [3.8, 4) is 5.75 Å². The molecule has 4 N–H and O–H groups in total. The molecule has 3 aliphatic heterocycles. The van der Waals surface area contributed by atoms with E-state index in [1.54, 1.807) is 6.07 Å². The second-order valence-electron chi connectivity index (χ2n) is 13.2. The van der Waals surface area contributed by atoms with Crippen LogP contribution in [0.4, 0.5) is 0 Å². The molecule has 4 aliphatic rings. The SMILES string of the molecule is Oc1cccc2c1[nH]c1c(C3=C[C@@]4(O)CC/C=C\CCCCN5CC[C@@H]3[C@]3(CC/C=C\CCCCN[C@H]34)C5)nccc12. The number of aliphatic hydroxyl groups is 1. The predicted molar refractivity (Wildman–Crippen MR) is 171 cm³/mol. The summed E-state index contributed by atoms with van der Waals surface area (Å²) in [4.78, 5) is 11.3. The molecule has 1 unspecified atom stereocenters. The van der Waals surface area contributed by atoms with Crippen molar-refractivity contribution in [3.63, 3.8) is 0 Å². The number of nitrogens with zero attached hydrogens (tertiary/aromatic N) is 2. The standard InChI is InChI=1S/C36H46N4O2/c41-30-15-13-14-26-27-16-21-37-32(33(27)39-31(26)30)28-24-36(42)19-10-6-2-4-8-12-22-40-23-17-29(28)35(25-40)18-9-5-1-3-7-11-20-38-34(35)36/h1-2,5-6,13-16,21,24,29,34,38-39,41-42H,3-4,7-12,17-20,22-23,25H2/b5-1-,6-2-/t29-,34+,35-,36-/m0/s1. The highest BCUT2D eigenvalue weighted by Gasteiger charge is 2.58. The Morgan fingerprint density at radius 1 is 0.857 bits per heavy atom. The molecule has 0 saturated carbocycles. The molecule has 3 bridgehead atoms. The second kappa shape index (κ2) is 11.6. The minimum atomic E-state index is -0.997. The van der Waals surface area contributed by atoms with Crippen LogP contribution in [-0.2, 0) is 0 Å². The summed E-state index contributed by atoms with van der Waals surface area (Å²) in [7, 11) is 0. The van der Waals surface area contributed by atoms with Gasteiger partial charge in [0.15, 0.2) is 0 Å². The summed E-state index contributed by atoms with van der Waals surface area (Å²) in [5, 5.41) is 29.7. The summed E-state index contributed by atoms with van der Waals surface area (Å²) in [6.07, 6.45) is 25.2. The Morgan fingerprint density at radius 3 is 2.52 bits per heavy atom. The summed E-state index contributed by atoms with van der Waals surface area (Å²) in [6, 6.07) is 7.73. The fourth-order valence-electron chi connectivity index (χ4n) is 8.75. The van der Waals surface area contributed by atoms with E-state index >= 15 is 0 Å². The Morgan fingerprint density at radius 2 is 1.64 bits per heavy atom. The minimum Gasteiger partial charge on any atom is -0.506 e. The maximum atomic E-state index is 12.9. The first-order chi connectivity index (χ1) is 20.6. The first-order valence-corrected chi connectivity index (χ1v) is 16.4. The summed E-state index contributed by atoms with van der Waals surface area (Å²) in [5.41, 5.74) is 2.71. The van der Waals surface area contributed by atoms with Gasteiger partial charge in [-0.05, 0) is 120 Å². The van der Waals surface area contributed by atoms with Crippen molar-refractivity contribution >= 4 is 27.4 Å². The Balaban J connectivity index is 1.44. The lowest BCUT2D eigenvalue weighted by atomic mass is 9.53. The van der Waals surface area contributed by atoms with Gasteiger partial charge in [0.2, 0.25) is 0 Å². The molecule has 1 spiro atoms. The summed E-state index contributed by atoms with van der Waals surface area (Å²) in [5.74, 6) is 0.532. The number of benzene rings is 1. The number of hydrogen-bond donors (Lipinski definition) is 4. The smallest absolute Gasteiger partial charge is 0.139 e. The van der Waals surface area contributed by atoms with Crippen LogP contribution in [0, 0.1) is 11.3 Å². The molecule has 6 nitrogen and oxygen atoms in total. The van der Waals surface area contributed by atoms with Crippen molar-refractivity contribution in [1.82, 2.24) is 20.2 Å². The van der Waals surface area contributed by atoms with Gasteiger partial charge in [-0.2, -0.15) is 0 Å². The van der Waals surface area contributed by atoms with Crippen LogP contribution in [0.15, 0.2) is 60.8 Å². The monoisotopic (exact) mass is 566 g/mol. The summed E-state index contributed by atoms with van der Waals surface area (Å²) < 4.78 is 0. The van der Waals surface area contributed by atoms with E-state index in [9.17, 15) is 10.2 Å². The number of fused-ring (bicyclic) bond motifs is 4. The van der Waals surface area contributed by atoms with E-state index in [-0.39, 0.29) is 23.1 Å². The zero-order valence-corrected chi connectivity index (χ0v) is 24.8. The van der Waals surface area contributed by atoms with Crippen LogP contribution in [0.1, 0.15) is 76.3 Å². The number of phenolic OH excluding ortho intramolecular Hbond substituents is 1. The Bertz CT molecular complexity index is 1520. The van der Waals surface area contributed by atoms with Gasteiger partial charge < -0.3 is 25.4 Å². The van der Waals surface area contributed by atoms with E-state index in [0.29, 0.717) is 6.42 Å². The molecule has 1 fully saturated rings. The fourth-order valence-corrected chi connectivity index (χ4v) is 8.75. The van der Waals surface area contributed by atoms with Crippen molar-refractivity contribution in [2.75, 3.05) is 26.2 Å². The van der Waals surface area contributed by atoms with Crippen LogP contribution >= 0.6 is 0 Å². The number of H-pyrrole nitrogens is 1. The molecule has 42 heavy (non-hydrogen) atoms. The van der Waals surface area contributed by atoms with E-state index < -0.39 is 5.60 Å². The number of nitrogens with one attached hydrogen (secondary N) is 2. The lowest BCUT2D eigenvalue weighted by Gasteiger charge is -2.60. The second-order valence-corrected chi connectivity index (χ2v) is 13.2. The van der Waals surface area contributed by atoms with Crippen LogP contribution in [0.5, 0.6) is 5.75 Å². The van der Waals surface area contributed by atoms with Crippen molar-refractivity contribution in [3.05, 3.63) is 66.5 Å². The molecule has 1 aromatic carbocycles. The number of hydrogen-bond acceptors (Lipinski definition) is 5. The number of pyridine rings is 1. The number of aromatic hydroxyl groups is 1. The topological polar surface area (TPSA) is 84.4 Å². The third-order valence-corrected chi connectivity index (χ3v) is 10.7. The molecule has 0 radical (unpaired) electrons. The van der Waals surface area contributed by atoms with E-state index in [1.807, 2.05) is 18.3 Å². The van der Waals surface area contributed by atoms with Gasteiger partial charge in [-0.15, -0.1) is 0 Å². The van der Waals surface area contributed by atoms with Crippen molar-refractivity contribution < 1.29 is 10.2 Å². The van der Waals surface area contributed by atoms with E-state index in [2.05, 4.69) is 51.6 Å². The molecule has 0 amide bonds. The van der Waals surface area contributed by atoms with E-state index in [1.165, 1.54) is 24.8 Å². The molecule has 7 rings (SSSR count). The highest BCUT2D eigenvalue weighted by atomic mass is 16.3. The third-order valence-electron chi connectivity index (χ3n) is 10.7. The van der Waals surface area contributed by atoms with Crippen LogP contribution in [0.2, 0.25) is 0 Å². The molecule has 1 saturated heterocycles. The number of phenols is 1. The van der Waals surface area contributed by atoms with Crippen LogP contribution < -0.4 is 5.32 Å². The first kappa shape index (κ1) is 27.9. The van der Waals surface area contributed by atoms with Gasteiger partial charge in [-0.25, -0.2) is 0 Å². The number of piperidine rings is 1. The highest BCUT2D eigenvalue weighted by Crippen LogP contribution is 2.56. The number of rotatable bonds is 1. The maximum Gasteiger partial charge on any atom is 0.139 e. The van der Waals surface area contributed by atoms with Crippen LogP contribution in [0.3, 0.4) is 0 Å². The molecule has 3 aromatic rings. The van der Waals surface area contributed by atoms with Gasteiger partial charge in [0, 0.05) is 35.0 Å². The number of aromatic amines is 1. The average molecular weight is 567 g/mol. The Kier molecular flexibility index (Phi) is 7.72. The van der Waals surface area contributed by atoms with E-state index in [0.717, 1.165) is 98.6 Å². The Hall–Kier alpha value is -2.93. The van der Waals surface area contributed by atoms with Gasteiger partial charge in [-0.1, -0.05) is 36.4 Å². The fraction of sp³-hybridized carbons (Fsp3) is 0.528. The maximum absolute atomic E-state index is 12.9. The van der Waals surface area contributed by atoms with Crippen LogP contribution in [-0.4, -0.2) is 62.9 Å². The molecular formula is C36H46N4O2.